The summed E-state index contributed by atoms with van der Waals surface area (Å²) in [5.74, 6) is -0.474. The van der Waals surface area contributed by atoms with E-state index in [1.807, 2.05) is 0 Å². The number of rotatable bonds is 3. The minimum Gasteiger partial charge on any atom is -0.469 e. The summed E-state index contributed by atoms with van der Waals surface area (Å²) in [7, 11) is 1.33. The number of ether oxygens (including phenoxy) is 2. The molecule has 0 aromatic carbocycles. The van der Waals surface area contributed by atoms with E-state index in [0.29, 0.717) is 25.3 Å². The van der Waals surface area contributed by atoms with Crippen molar-refractivity contribution in [3.05, 3.63) is 24.0 Å². The topological polar surface area (TPSA) is 81.6 Å². The van der Waals surface area contributed by atoms with Crippen LogP contribution in [-0.2, 0) is 14.3 Å². The molecule has 1 aliphatic heterocycles. The lowest BCUT2D eigenvalue weighted by molar-refractivity contribution is -0.145. The van der Waals surface area contributed by atoms with Crippen LogP contribution >= 0.6 is 0 Å². The van der Waals surface area contributed by atoms with Crippen molar-refractivity contribution < 1.29 is 19.1 Å². The largest absolute Gasteiger partial charge is 0.469 e. The minimum atomic E-state index is -0.343. The molecule has 102 valence electrons. The first-order valence-corrected chi connectivity index (χ1v) is 5.95. The zero-order chi connectivity index (χ0) is 13.7. The van der Waals surface area contributed by atoms with Gasteiger partial charge in [-0.25, -0.2) is 0 Å². The van der Waals surface area contributed by atoms with Crippen molar-refractivity contribution in [3.63, 3.8) is 0 Å². The molecule has 1 atom stereocenters. The summed E-state index contributed by atoms with van der Waals surface area (Å²) < 4.78 is 10.0. The molecule has 1 aliphatic rings. The molecule has 19 heavy (non-hydrogen) atoms. The van der Waals surface area contributed by atoms with Gasteiger partial charge < -0.3 is 14.4 Å². The quantitative estimate of drug-likeness (QED) is 0.709. The number of hydrogen-bond donors (Lipinski definition) is 0. The Morgan fingerprint density at radius 2 is 2.37 bits per heavy atom. The molecule has 1 aromatic rings. The Morgan fingerprint density at radius 1 is 1.53 bits per heavy atom. The summed E-state index contributed by atoms with van der Waals surface area (Å²) in [4.78, 5) is 25.0. The fraction of sp³-hybridized carbons (Fsp3) is 0.500. The third kappa shape index (κ3) is 3.47. The number of methoxy groups -OCH3 is 1. The van der Waals surface area contributed by atoms with Gasteiger partial charge in [-0.1, -0.05) is 0 Å². The van der Waals surface area contributed by atoms with Crippen molar-refractivity contribution in [2.45, 2.75) is 12.5 Å². The van der Waals surface area contributed by atoms with Crippen LogP contribution in [0.5, 0.6) is 0 Å². The number of aromatic nitrogens is 2. The molecule has 7 nitrogen and oxygen atoms in total. The molecule has 0 bridgehead atoms. The highest BCUT2D eigenvalue weighted by atomic mass is 16.5. The lowest BCUT2D eigenvalue weighted by Crippen LogP contribution is -2.46. The predicted octanol–water partition coefficient (Wildman–Crippen LogP) is -0.119. The molecular formula is C12H15N3O4. The smallest absolute Gasteiger partial charge is 0.308 e. The Kier molecular flexibility index (Phi) is 4.40. The molecule has 7 heteroatoms. The van der Waals surface area contributed by atoms with Crippen LogP contribution < -0.4 is 0 Å². The van der Waals surface area contributed by atoms with Gasteiger partial charge in [0.1, 0.15) is 0 Å². The fourth-order valence-electron chi connectivity index (χ4n) is 1.90. The van der Waals surface area contributed by atoms with Crippen molar-refractivity contribution in [2.75, 3.05) is 26.8 Å². The molecule has 2 rings (SSSR count). The first-order valence-electron chi connectivity index (χ1n) is 5.95. The lowest BCUT2D eigenvalue weighted by Gasteiger charge is -2.32. The van der Waals surface area contributed by atoms with E-state index in [1.165, 1.54) is 19.5 Å². The van der Waals surface area contributed by atoms with Gasteiger partial charge in [0, 0.05) is 13.1 Å². The Balaban J connectivity index is 1.97. The molecule has 0 spiro atoms. The van der Waals surface area contributed by atoms with Crippen LogP contribution in [0.15, 0.2) is 18.5 Å². The third-order valence-corrected chi connectivity index (χ3v) is 2.88. The van der Waals surface area contributed by atoms with Crippen molar-refractivity contribution in [1.82, 2.24) is 15.1 Å². The van der Waals surface area contributed by atoms with Crippen LogP contribution in [0.4, 0.5) is 0 Å². The minimum absolute atomic E-state index is 0.131. The second kappa shape index (κ2) is 6.24. The van der Waals surface area contributed by atoms with Crippen LogP contribution in [0.25, 0.3) is 0 Å². The first kappa shape index (κ1) is 13.4. The highest BCUT2D eigenvalue weighted by Crippen LogP contribution is 2.12. The molecule has 1 amide bonds. The van der Waals surface area contributed by atoms with Crippen molar-refractivity contribution in [3.8, 4) is 0 Å². The van der Waals surface area contributed by atoms with Gasteiger partial charge in [-0.2, -0.15) is 10.2 Å². The van der Waals surface area contributed by atoms with E-state index in [1.54, 1.807) is 11.0 Å². The second-order valence-electron chi connectivity index (χ2n) is 4.16. The molecule has 0 N–H and O–H groups in total. The highest BCUT2D eigenvalue weighted by Gasteiger charge is 2.27. The average molecular weight is 265 g/mol. The van der Waals surface area contributed by atoms with E-state index in [2.05, 4.69) is 14.9 Å². The molecule has 1 saturated heterocycles. The molecule has 1 fully saturated rings. The summed E-state index contributed by atoms with van der Waals surface area (Å²) in [5.41, 5.74) is 0.480. The number of morpholine rings is 1. The van der Waals surface area contributed by atoms with Crippen molar-refractivity contribution in [1.29, 1.82) is 0 Å². The summed E-state index contributed by atoms with van der Waals surface area (Å²) in [6.45, 7) is 1.28. The van der Waals surface area contributed by atoms with Gasteiger partial charge in [-0.05, 0) is 6.07 Å². The van der Waals surface area contributed by atoms with Crippen molar-refractivity contribution >= 4 is 11.9 Å². The maximum absolute atomic E-state index is 12.2. The molecule has 1 aromatic heterocycles. The van der Waals surface area contributed by atoms with E-state index >= 15 is 0 Å². The van der Waals surface area contributed by atoms with Crippen LogP contribution in [0, 0.1) is 0 Å². The van der Waals surface area contributed by atoms with E-state index in [0.717, 1.165) is 0 Å². The number of amides is 1. The fourth-order valence-corrected chi connectivity index (χ4v) is 1.90. The third-order valence-electron chi connectivity index (χ3n) is 2.88. The highest BCUT2D eigenvalue weighted by molar-refractivity contribution is 5.93. The Bertz CT molecular complexity index is 452. The zero-order valence-electron chi connectivity index (χ0n) is 10.6. The van der Waals surface area contributed by atoms with Gasteiger partial charge in [0.15, 0.2) is 0 Å². The van der Waals surface area contributed by atoms with Gasteiger partial charge in [-0.15, -0.1) is 0 Å². The lowest BCUT2D eigenvalue weighted by atomic mass is 10.2. The molecule has 0 radical (unpaired) electrons. The van der Waals surface area contributed by atoms with Crippen LogP contribution in [-0.4, -0.2) is 59.9 Å². The number of carbonyl (C=O) groups excluding carboxylic acids is 2. The zero-order valence-corrected chi connectivity index (χ0v) is 10.6. The number of hydrogen-bond acceptors (Lipinski definition) is 6. The SMILES string of the molecule is COC(=O)CC1CN(C(=O)c2ccnnc2)CCO1. The van der Waals surface area contributed by atoms with Gasteiger partial charge in [0.2, 0.25) is 0 Å². The summed E-state index contributed by atoms with van der Waals surface area (Å²) in [6, 6.07) is 1.61. The van der Waals surface area contributed by atoms with E-state index in [9.17, 15) is 9.59 Å². The van der Waals surface area contributed by atoms with Crippen LogP contribution in [0.3, 0.4) is 0 Å². The van der Waals surface area contributed by atoms with Crippen LogP contribution in [0.1, 0.15) is 16.8 Å². The first-order chi connectivity index (χ1) is 9.20. The molecule has 0 saturated carbocycles. The Hall–Kier alpha value is -2.02. The Labute approximate surface area is 110 Å². The normalized spacial score (nSPS) is 19.0. The second-order valence-corrected chi connectivity index (χ2v) is 4.16. The predicted molar refractivity (Wildman–Crippen MR) is 64.3 cm³/mol. The maximum Gasteiger partial charge on any atom is 0.308 e. The van der Waals surface area contributed by atoms with E-state index in [-0.39, 0.29) is 24.4 Å². The van der Waals surface area contributed by atoms with Gasteiger partial charge in [0.05, 0.1) is 44.2 Å². The standard InChI is InChI=1S/C12H15N3O4/c1-18-11(16)6-10-8-15(4-5-19-10)12(17)9-2-3-13-14-7-9/h2-3,7,10H,4-6,8H2,1H3. The van der Waals surface area contributed by atoms with Crippen molar-refractivity contribution in [2.24, 2.45) is 0 Å². The number of esters is 1. The average Bonchev–Trinajstić information content (AvgIpc) is 2.47. The summed E-state index contributed by atoms with van der Waals surface area (Å²) in [6.07, 6.45) is 2.72. The number of nitrogens with zero attached hydrogens (tertiary/aromatic N) is 3. The number of carbonyl (C=O) groups is 2. The maximum atomic E-state index is 12.2. The molecule has 0 aliphatic carbocycles. The summed E-state index contributed by atoms with van der Waals surface area (Å²) >= 11 is 0. The summed E-state index contributed by atoms with van der Waals surface area (Å²) in [5, 5.41) is 7.31. The van der Waals surface area contributed by atoms with Crippen LogP contribution in [0.2, 0.25) is 0 Å². The molecule has 2 heterocycles. The van der Waals surface area contributed by atoms with E-state index in [4.69, 9.17) is 4.74 Å². The molecule has 1 unspecified atom stereocenters. The van der Waals surface area contributed by atoms with E-state index < -0.39 is 0 Å². The van der Waals surface area contributed by atoms with Gasteiger partial charge >= 0.3 is 5.97 Å². The van der Waals surface area contributed by atoms with Gasteiger partial charge in [-0.3, -0.25) is 9.59 Å². The monoisotopic (exact) mass is 265 g/mol. The van der Waals surface area contributed by atoms with Gasteiger partial charge in [0.25, 0.3) is 5.91 Å². The Morgan fingerprint density at radius 3 is 3.05 bits per heavy atom. The molecular weight excluding hydrogens is 250 g/mol.